The number of hydrogen-bond acceptors (Lipinski definition) is 2. The van der Waals surface area contributed by atoms with Crippen LogP contribution in [-0.2, 0) is 4.79 Å². The van der Waals surface area contributed by atoms with E-state index in [1.165, 1.54) is 12.1 Å². The molecule has 1 amide bonds. The van der Waals surface area contributed by atoms with Crippen LogP contribution in [-0.4, -0.2) is 11.9 Å². The molecule has 1 aromatic carbocycles. The third-order valence-electron chi connectivity index (χ3n) is 3.75. The molecule has 3 N–H and O–H groups in total. The van der Waals surface area contributed by atoms with Gasteiger partial charge in [-0.25, -0.2) is 4.39 Å². The van der Waals surface area contributed by atoms with Crippen LogP contribution in [0.1, 0.15) is 45.7 Å². The average Bonchev–Trinajstić information content (AvgIpc) is 2.43. The number of nitrogens with one attached hydrogen (secondary N) is 1. The molecule has 0 fully saturated rings. The molecule has 0 radical (unpaired) electrons. The monoisotopic (exact) mass is 280 g/mol. The largest absolute Gasteiger partial charge is 0.348 e. The fourth-order valence-corrected chi connectivity index (χ4v) is 2.07. The van der Waals surface area contributed by atoms with E-state index in [1.807, 2.05) is 27.7 Å². The first kappa shape index (κ1) is 16.6. The highest BCUT2D eigenvalue weighted by molar-refractivity contribution is 5.82. The number of hydrogen-bond donors (Lipinski definition) is 2. The molecule has 3 nitrogen and oxygen atoms in total. The van der Waals surface area contributed by atoms with Crippen molar-refractivity contribution < 1.29 is 9.18 Å². The van der Waals surface area contributed by atoms with Gasteiger partial charge in [0.15, 0.2) is 0 Å². The van der Waals surface area contributed by atoms with Crippen LogP contribution in [0.5, 0.6) is 0 Å². The minimum absolute atomic E-state index is 0.135. The number of rotatable bonds is 6. The third-order valence-corrected chi connectivity index (χ3v) is 3.75. The van der Waals surface area contributed by atoms with Gasteiger partial charge in [-0.05, 0) is 29.5 Å². The van der Waals surface area contributed by atoms with Crippen molar-refractivity contribution in [1.82, 2.24) is 5.32 Å². The summed E-state index contributed by atoms with van der Waals surface area (Å²) in [7, 11) is 0. The Kier molecular flexibility index (Phi) is 6.14. The van der Waals surface area contributed by atoms with Gasteiger partial charge in [-0.2, -0.15) is 0 Å². The molecule has 0 bridgehead atoms. The normalized spacial score (nSPS) is 15.8. The van der Waals surface area contributed by atoms with Gasteiger partial charge < -0.3 is 11.1 Å². The van der Waals surface area contributed by atoms with Crippen molar-refractivity contribution in [3.8, 4) is 0 Å². The summed E-state index contributed by atoms with van der Waals surface area (Å²) < 4.78 is 13.0. The second-order valence-electron chi connectivity index (χ2n) is 5.69. The average molecular weight is 280 g/mol. The second kappa shape index (κ2) is 7.39. The Hall–Kier alpha value is -1.42. The molecule has 1 rings (SSSR count). The van der Waals surface area contributed by atoms with Crippen LogP contribution in [0.3, 0.4) is 0 Å². The first-order chi connectivity index (χ1) is 9.36. The lowest BCUT2D eigenvalue weighted by molar-refractivity contribution is -0.124. The Morgan fingerprint density at radius 2 is 1.80 bits per heavy atom. The van der Waals surface area contributed by atoms with Crippen molar-refractivity contribution in [3.63, 3.8) is 0 Å². The first-order valence-electron chi connectivity index (χ1n) is 7.18. The number of halogens is 1. The van der Waals surface area contributed by atoms with E-state index in [0.717, 1.165) is 12.0 Å². The fraction of sp³-hybridized carbons (Fsp3) is 0.562. The molecule has 0 aliphatic carbocycles. The topological polar surface area (TPSA) is 55.1 Å². The summed E-state index contributed by atoms with van der Waals surface area (Å²) in [5.41, 5.74) is 6.84. The highest BCUT2D eigenvalue weighted by Crippen LogP contribution is 2.22. The van der Waals surface area contributed by atoms with E-state index in [1.54, 1.807) is 12.1 Å². The molecule has 0 saturated carbocycles. The predicted molar refractivity (Wildman–Crippen MR) is 79.6 cm³/mol. The summed E-state index contributed by atoms with van der Waals surface area (Å²) in [5, 5.41) is 2.98. The highest BCUT2D eigenvalue weighted by atomic mass is 19.1. The summed E-state index contributed by atoms with van der Waals surface area (Å²) in [6.07, 6.45) is 0.859. The Labute approximate surface area is 120 Å². The molecule has 0 heterocycles. The Bertz CT molecular complexity index is 431. The van der Waals surface area contributed by atoms with Crippen LogP contribution in [0.2, 0.25) is 0 Å². The number of amides is 1. The SMILES string of the molecule is CC[C@H](C)[C@H](N)C(=O)NC(c1ccc(F)cc1)C(C)C. The highest BCUT2D eigenvalue weighted by Gasteiger charge is 2.24. The minimum Gasteiger partial charge on any atom is -0.348 e. The first-order valence-corrected chi connectivity index (χ1v) is 7.18. The van der Waals surface area contributed by atoms with Gasteiger partial charge >= 0.3 is 0 Å². The maximum Gasteiger partial charge on any atom is 0.237 e. The van der Waals surface area contributed by atoms with Crippen molar-refractivity contribution in [2.45, 2.75) is 46.2 Å². The lowest BCUT2D eigenvalue weighted by Gasteiger charge is -2.26. The van der Waals surface area contributed by atoms with Crippen molar-refractivity contribution in [2.75, 3.05) is 0 Å². The zero-order valence-electron chi connectivity index (χ0n) is 12.7. The van der Waals surface area contributed by atoms with E-state index in [4.69, 9.17) is 5.73 Å². The van der Waals surface area contributed by atoms with Crippen LogP contribution in [0.25, 0.3) is 0 Å². The summed E-state index contributed by atoms with van der Waals surface area (Å²) in [6.45, 7) is 8.01. The maximum absolute atomic E-state index is 13.0. The fourth-order valence-electron chi connectivity index (χ4n) is 2.07. The van der Waals surface area contributed by atoms with Crippen LogP contribution < -0.4 is 11.1 Å². The third kappa shape index (κ3) is 4.30. The lowest BCUT2D eigenvalue weighted by atomic mass is 9.94. The van der Waals surface area contributed by atoms with Gasteiger partial charge in [-0.15, -0.1) is 0 Å². The maximum atomic E-state index is 13.0. The molecule has 0 aliphatic heterocycles. The molecule has 20 heavy (non-hydrogen) atoms. The standard InChI is InChI=1S/C16H25FN2O/c1-5-11(4)14(18)16(20)19-15(10(2)3)12-6-8-13(17)9-7-12/h6-11,14-15H,5,18H2,1-4H3,(H,19,20)/t11-,14-,15?/m0/s1. The smallest absolute Gasteiger partial charge is 0.237 e. The number of carbonyl (C=O) groups is 1. The van der Waals surface area contributed by atoms with Gasteiger partial charge in [-0.3, -0.25) is 4.79 Å². The summed E-state index contributed by atoms with van der Waals surface area (Å²) in [4.78, 5) is 12.2. The van der Waals surface area contributed by atoms with Gasteiger partial charge in [0.2, 0.25) is 5.91 Å². The molecule has 1 aromatic rings. The van der Waals surface area contributed by atoms with E-state index in [9.17, 15) is 9.18 Å². The summed E-state index contributed by atoms with van der Waals surface area (Å²) in [5.74, 6) is -0.0918. The molecule has 0 saturated heterocycles. The van der Waals surface area contributed by atoms with Gasteiger partial charge in [0.1, 0.15) is 5.82 Å². The molecular weight excluding hydrogens is 255 g/mol. The number of carbonyl (C=O) groups excluding carboxylic acids is 1. The van der Waals surface area contributed by atoms with Gasteiger partial charge in [0, 0.05) is 0 Å². The minimum atomic E-state index is -0.512. The summed E-state index contributed by atoms with van der Waals surface area (Å²) >= 11 is 0. The van der Waals surface area contributed by atoms with E-state index < -0.39 is 6.04 Å². The zero-order chi connectivity index (χ0) is 15.3. The number of benzene rings is 1. The van der Waals surface area contributed by atoms with Gasteiger partial charge in [-0.1, -0.05) is 46.2 Å². The van der Waals surface area contributed by atoms with Crippen molar-refractivity contribution >= 4 is 5.91 Å². The van der Waals surface area contributed by atoms with Crippen molar-refractivity contribution in [1.29, 1.82) is 0 Å². The Morgan fingerprint density at radius 3 is 2.25 bits per heavy atom. The van der Waals surface area contributed by atoms with Crippen LogP contribution in [0.15, 0.2) is 24.3 Å². The summed E-state index contributed by atoms with van der Waals surface area (Å²) in [6, 6.07) is 5.56. The van der Waals surface area contributed by atoms with Crippen molar-refractivity contribution in [3.05, 3.63) is 35.6 Å². The van der Waals surface area contributed by atoms with E-state index in [2.05, 4.69) is 5.32 Å². The predicted octanol–water partition coefficient (Wildman–Crippen LogP) is 3.01. The van der Waals surface area contributed by atoms with E-state index in [0.29, 0.717) is 0 Å². The Morgan fingerprint density at radius 1 is 1.25 bits per heavy atom. The molecule has 0 spiro atoms. The molecular formula is C16H25FN2O. The molecule has 1 unspecified atom stereocenters. The number of nitrogens with two attached hydrogens (primary N) is 1. The van der Waals surface area contributed by atoms with E-state index in [-0.39, 0.29) is 29.6 Å². The molecule has 3 atom stereocenters. The molecule has 112 valence electrons. The van der Waals surface area contributed by atoms with E-state index >= 15 is 0 Å². The van der Waals surface area contributed by atoms with Crippen LogP contribution in [0.4, 0.5) is 4.39 Å². The zero-order valence-corrected chi connectivity index (χ0v) is 12.7. The van der Waals surface area contributed by atoms with Gasteiger partial charge in [0.25, 0.3) is 0 Å². The lowest BCUT2D eigenvalue weighted by Crippen LogP contribution is -2.46. The Balaban J connectivity index is 2.83. The molecule has 0 aliphatic rings. The van der Waals surface area contributed by atoms with Crippen LogP contribution in [0, 0.1) is 17.7 Å². The second-order valence-corrected chi connectivity index (χ2v) is 5.69. The van der Waals surface area contributed by atoms with Crippen LogP contribution >= 0.6 is 0 Å². The van der Waals surface area contributed by atoms with Crippen molar-refractivity contribution in [2.24, 2.45) is 17.6 Å². The quantitative estimate of drug-likeness (QED) is 0.841. The molecule has 4 heteroatoms. The molecule has 0 aromatic heterocycles. The van der Waals surface area contributed by atoms with Gasteiger partial charge in [0.05, 0.1) is 12.1 Å².